The number of nitrogens with zero attached hydrogens (tertiary/aromatic N) is 5. The van der Waals surface area contributed by atoms with Crippen LogP contribution in [0.25, 0.3) is 0 Å². The molecule has 7 nitrogen and oxygen atoms in total. The van der Waals surface area contributed by atoms with Crippen molar-refractivity contribution in [1.29, 1.82) is 0 Å². The second-order valence-electron chi connectivity index (χ2n) is 6.28. The summed E-state index contributed by atoms with van der Waals surface area (Å²) in [7, 11) is 0. The molecule has 0 aliphatic rings. The largest absolute Gasteiger partial charge is 0.348 e. The molecule has 1 amide bonds. The van der Waals surface area contributed by atoms with E-state index in [4.69, 9.17) is 0 Å². The minimum Gasteiger partial charge on any atom is -0.348 e. The lowest BCUT2D eigenvalue weighted by Crippen LogP contribution is -2.35. The zero-order chi connectivity index (χ0) is 17.8. The molecule has 0 saturated carbocycles. The lowest BCUT2D eigenvalue weighted by Gasteiger charge is -2.14. The number of benzene rings is 1. The Hall–Kier alpha value is -2.96. The van der Waals surface area contributed by atoms with E-state index in [1.54, 1.807) is 11.0 Å². The lowest BCUT2D eigenvalue weighted by molar-refractivity contribution is 0.0936. The first-order valence-corrected chi connectivity index (χ1v) is 8.24. The van der Waals surface area contributed by atoms with Crippen molar-refractivity contribution < 1.29 is 4.79 Å². The van der Waals surface area contributed by atoms with E-state index >= 15 is 0 Å². The third-order valence-corrected chi connectivity index (χ3v) is 3.93. The Balaban J connectivity index is 1.66. The Morgan fingerprint density at radius 1 is 1.28 bits per heavy atom. The molecular formula is C18H22N6O. The molecule has 7 heteroatoms. The van der Waals surface area contributed by atoms with Crippen LogP contribution in [0, 0.1) is 13.8 Å². The highest BCUT2D eigenvalue weighted by molar-refractivity contribution is 5.94. The van der Waals surface area contributed by atoms with Gasteiger partial charge in [-0.1, -0.05) is 12.1 Å². The summed E-state index contributed by atoms with van der Waals surface area (Å²) in [4.78, 5) is 16.4. The van der Waals surface area contributed by atoms with Gasteiger partial charge in [0.1, 0.15) is 12.7 Å². The van der Waals surface area contributed by atoms with Gasteiger partial charge in [-0.3, -0.25) is 14.2 Å². The van der Waals surface area contributed by atoms with E-state index in [0.29, 0.717) is 18.7 Å². The topological polar surface area (TPSA) is 77.6 Å². The van der Waals surface area contributed by atoms with E-state index in [-0.39, 0.29) is 11.9 Å². The van der Waals surface area contributed by atoms with Crippen LogP contribution < -0.4 is 5.32 Å². The molecular weight excluding hydrogens is 316 g/mol. The van der Waals surface area contributed by atoms with Crippen LogP contribution >= 0.6 is 0 Å². The van der Waals surface area contributed by atoms with Crippen LogP contribution in [0.2, 0.25) is 0 Å². The van der Waals surface area contributed by atoms with Crippen LogP contribution in [-0.4, -0.2) is 36.5 Å². The first kappa shape index (κ1) is 16.9. The van der Waals surface area contributed by atoms with Gasteiger partial charge >= 0.3 is 0 Å². The Bertz CT molecular complexity index is 852. The summed E-state index contributed by atoms with van der Waals surface area (Å²) < 4.78 is 3.64. The predicted octanol–water partition coefficient (Wildman–Crippen LogP) is 1.96. The highest BCUT2D eigenvalue weighted by Gasteiger charge is 2.11. The molecule has 0 aliphatic heterocycles. The van der Waals surface area contributed by atoms with Gasteiger partial charge in [0.05, 0.1) is 18.8 Å². The molecule has 3 aromatic rings. The summed E-state index contributed by atoms with van der Waals surface area (Å²) in [6.07, 6.45) is 3.12. The van der Waals surface area contributed by atoms with Gasteiger partial charge < -0.3 is 5.32 Å². The number of nitrogens with one attached hydrogen (secondary N) is 1. The van der Waals surface area contributed by atoms with Crippen molar-refractivity contribution in [2.75, 3.05) is 0 Å². The van der Waals surface area contributed by atoms with Gasteiger partial charge in [0.2, 0.25) is 0 Å². The summed E-state index contributed by atoms with van der Waals surface area (Å²) in [6.45, 7) is 7.18. The Morgan fingerprint density at radius 3 is 2.80 bits per heavy atom. The third kappa shape index (κ3) is 4.32. The molecule has 1 N–H and O–H groups in total. The minimum absolute atomic E-state index is 0.0473. The van der Waals surface area contributed by atoms with Crippen molar-refractivity contribution in [3.63, 3.8) is 0 Å². The molecule has 2 heterocycles. The highest BCUT2D eigenvalue weighted by Crippen LogP contribution is 2.10. The van der Waals surface area contributed by atoms with Crippen LogP contribution in [0.4, 0.5) is 0 Å². The smallest absolute Gasteiger partial charge is 0.251 e. The molecule has 0 spiro atoms. The van der Waals surface area contributed by atoms with Gasteiger partial charge in [-0.25, -0.2) is 4.98 Å². The van der Waals surface area contributed by atoms with Crippen molar-refractivity contribution in [3.05, 3.63) is 65.5 Å². The maximum Gasteiger partial charge on any atom is 0.251 e. The van der Waals surface area contributed by atoms with Crippen molar-refractivity contribution in [2.45, 2.75) is 39.9 Å². The van der Waals surface area contributed by atoms with E-state index in [2.05, 4.69) is 20.5 Å². The SMILES string of the molecule is Cc1cc(C)n(Cc2cccc(C(=O)NC(C)Cn3cncn3)c2)n1. The third-order valence-electron chi connectivity index (χ3n) is 3.93. The maximum atomic E-state index is 12.5. The zero-order valence-electron chi connectivity index (χ0n) is 14.7. The fraction of sp³-hybridized carbons (Fsp3) is 0.333. The molecule has 0 fully saturated rings. The average Bonchev–Trinajstić information content (AvgIpc) is 3.17. The molecule has 130 valence electrons. The average molecular weight is 338 g/mol. The molecule has 1 aromatic carbocycles. The van der Waals surface area contributed by atoms with E-state index in [0.717, 1.165) is 17.0 Å². The molecule has 1 atom stereocenters. The Labute approximate surface area is 146 Å². The number of aryl methyl sites for hydroxylation is 2. The Morgan fingerprint density at radius 2 is 2.12 bits per heavy atom. The first-order chi connectivity index (χ1) is 12.0. The summed E-state index contributed by atoms with van der Waals surface area (Å²) >= 11 is 0. The molecule has 25 heavy (non-hydrogen) atoms. The normalized spacial score (nSPS) is 12.1. The molecule has 0 radical (unpaired) electrons. The molecule has 2 aromatic heterocycles. The first-order valence-electron chi connectivity index (χ1n) is 8.24. The van der Waals surface area contributed by atoms with Crippen LogP contribution in [0.3, 0.4) is 0 Å². The van der Waals surface area contributed by atoms with Gasteiger partial charge in [-0.2, -0.15) is 10.2 Å². The van der Waals surface area contributed by atoms with Gasteiger partial charge in [0.15, 0.2) is 0 Å². The number of hydrogen-bond acceptors (Lipinski definition) is 4. The van der Waals surface area contributed by atoms with E-state index in [9.17, 15) is 4.79 Å². The molecule has 1 unspecified atom stereocenters. The van der Waals surface area contributed by atoms with Crippen LogP contribution in [0.15, 0.2) is 43.0 Å². The van der Waals surface area contributed by atoms with Crippen molar-refractivity contribution >= 4 is 5.91 Å². The van der Waals surface area contributed by atoms with Crippen LogP contribution in [0.1, 0.15) is 34.2 Å². The fourth-order valence-corrected chi connectivity index (χ4v) is 2.78. The van der Waals surface area contributed by atoms with Crippen LogP contribution in [-0.2, 0) is 13.1 Å². The van der Waals surface area contributed by atoms with Crippen molar-refractivity contribution in [1.82, 2.24) is 29.9 Å². The number of aromatic nitrogens is 5. The van der Waals surface area contributed by atoms with Gasteiger partial charge in [-0.15, -0.1) is 0 Å². The number of hydrogen-bond donors (Lipinski definition) is 1. The van der Waals surface area contributed by atoms with E-state index in [1.165, 1.54) is 6.33 Å². The van der Waals surface area contributed by atoms with Crippen molar-refractivity contribution in [3.8, 4) is 0 Å². The number of amides is 1. The highest BCUT2D eigenvalue weighted by atomic mass is 16.1. The number of rotatable bonds is 6. The second-order valence-corrected chi connectivity index (χ2v) is 6.28. The summed E-state index contributed by atoms with van der Waals surface area (Å²) in [5, 5.41) is 11.5. The second kappa shape index (κ2) is 7.29. The summed E-state index contributed by atoms with van der Waals surface area (Å²) in [6, 6.07) is 9.64. The fourth-order valence-electron chi connectivity index (χ4n) is 2.78. The molecule has 0 saturated heterocycles. The molecule has 3 rings (SSSR count). The van der Waals surface area contributed by atoms with Gasteiger partial charge in [0, 0.05) is 17.3 Å². The van der Waals surface area contributed by atoms with Crippen LogP contribution in [0.5, 0.6) is 0 Å². The summed E-state index contributed by atoms with van der Waals surface area (Å²) in [5.41, 5.74) is 3.79. The monoisotopic (exact) mass is 338 g/mol. The van der Waals surface area contributed by atoms with Gasteiger partial charge in [-0.05, 0) is 44.5 Å². The minimum atomic E-state index is -0.0946. The molecule has 0 aliphatic carbocycles. The quantitative estimate of drug-likeness (QED) is 0.745. The standard InChI is InChI=1S/C18H22N6O/c1-13-7-15(3)24(22-13)10-16-5-4-6-17(8-16)18(25)21-14(2)9-23-12-19-11-20-23/h4-8,11-12,14H,9-10H2,1-3H3,(H,21,25). The van der Waals surface area contributed by atoms with Crippen molar-refractivity contribution in [2.24, 2.45) is 0 Å². The summed E-state index contributed by atoms with van der Waals surface area (Å²) in [5.74, 6) is -0.0946. The number of carbonyl (C=O) groups excluding carboxylic acids is 1. The maximum absolute atomic E-state index is 12.5. The Kier molecular flexibility index (Phi) is 4.92. The van der Waals surface area contributed by atoms with Gasteiger partial charge in [0.25, 0.3) is 5.91 Å². The number of carbonyl (C=O) groups is 1. The lowest BCUT2D eigenvalue weighted by atomic mass is 10.1. The van der Waals surface area contributed by atoms with E-state index in [1.807, 2.05) is 55.8 Å². The predicted molar refractivity (Wildman–Crippen MR) is 94.2 cm³/mol. The van der Waals surface area contributed by atoms with E-state index < -0.39 is 0 Å². The molecule has 0 bridgehead atoms. The zero-order valence-corrected chi connectivity index (χ0v) is 14.7.